The Labute approximate surface area is 146 Å². The number of hydrogen-bond acceptors (Lipinski definition) is 2. The molecule has 1 saturated heterocycles. The van der Waals surface area contributed by atoms with E-state index in [0.717, 1.165) is 24.0 Å². The number of ether oxygens (including phenoxy) is 1. The fourth-order valence-corrected chi connectivity index (χ4v) is 4.29. The van der Waals surface area contributed by atoms with Crippen LogP contribution in [0.5, 0.6) is 0 Å². The lowest BCUT2D eigenvalue weighted by molar-refractivity contribution is -0.0512. The van der Waals surface area contributed by atoms with Crippen LogP contribution in [-0.2, 0) is 16.6 Å². The van der Waals surface area contributed by atoms with Gasteiger partial charge in [-0.25, -0.2) is 4.79 Å². The minimum atomic E-state index is -0.453. The number of halogens is 1. The number of benzene rings is 1. The Bertz CT molecular complexity index is 670. The molecular formula is C19H24BrNO2. The van der Waals surface area contributed by atoms with Gasteiger partial charge in [-0.2, -0.15) is 0 Å². The van der Waals surface area contributed by atoms with Crippen molar-refractivity contribution in [2.24, 2.45) is 5.41 Å². The molecule has 1 heterocycles. The standard InChI is InChI=1S/C19H24BrNO2/c1-6-18(5)15-9-14(20)8-7-13(15)10-19(18)11-21(12-19)16(22)23-17(2,3)4/h6-9H,1,10-12H2,2-5H3. The summed E-state index contributed by atoms with van der Waals surface area (Å²) in [5, 5.41) is 0. The summed E-state index contributed by atoms with van der Waals surface area (Å²) in [4.78, 5) is 14.1. The van der Waals surface area contributed by atoms with Gasteiger partial charge in [0.15, 0.2) is 0 Å². The number of likely N-dealkylation sites (tertiary alicyclic amines) is 1. The number of nitrogens with zero attached hydrogens (tertiary/aromatic N) is 1. The topological polar surface area (TPSA) is 29.5 Å². The van der Waals surface area contributed by atoms with Crippen LogP contribution < -0.4 is 0 Å². The molecule has 0 N–H and O–H groups in total. The molecule has 0 radical (unpaired) electrons. The Morgan fingerprint density at radius 1 is 1.39 bits per heavy atom. The van der Waals surface area contributed by atoms with Crippen molar-refractivity contribution in [2.75, 3.05) is 13.1 Å². The molecule has 3 nitrogen and oxygen atoms in total. The first-order valence-corrected chi connectivity index (χ1v) is 8.80. The van der Waals surface area contributed by atoms with Gasteiger partial charge in [0.25, 0.3) is 0 Å². The third-order valence-electron chi connectivity index (χ3n) is 5.31. The quantitative estimate of drug-likeness (QED) is 0.664. The molecule has 1 aromatic rings. The average Bonchev–Trinajstić information content (AvgIpc) is 2.65. The minimum Gasteiger partial charge on any atom is -0.444 e. The molecule has 124 valence electrons. The van der Waals surface area contributed by atoms with Crippen LogP contribution in [-0.4, -0.2) is 29.7 Å². The van der Waals surface area contributed by atoms with Gasteiger partial charge >= 0.3 is 6.09 Å². The molecule has 1 aliphatic carbocycles. The second-order valence-electron chi connectivity index (χ2n) is 8.00. The lowest BCUT2D eigenvalue weighted by Gasteiger charge is -2.55. The van der Waals surface area contributed by atoms with Crippen molar-refractivity contribution in [2.45, 2.75) is 45.1 Å². The van der Waals surface area contributed by atoms with Gasteiger partial charge in [-0.15, -0.1) is 6.58 Å². The zero-order valence-electron chi connectivity index (χ0n) is 14.3. The molecule has 1 spiro atoms. The van der Waals surface area contributed by atoms with Gasteiger partial charge in [0.2, 0.25) is 0 Å². The molecule has 1 amide bonds. The summed E-state index contributed by atoms with van der Waals surface area (Å²) in [5.74, 6) is 0. The van der Waals surface area contributed by atoms with Gasteiger partial charge in [0, 0.05) is 28.4 Å². The van der Waals surface area contributed by atoms with E-state index in [4.69, 9.17) is 4.74 Å². The van der Waals surface area contributed by atoms with Crippen LogP contribution in [0.3, 0.4) is 0 Å². The first-order chi connectivity index (χ1) is 10.6. The van der Waals surface area contributed by atoms with Gasteiger partial charge in [0.1, 0.15) is 5.60 Å². The number of rotatable bonds is 1. The molecule has 2 aliphatic rings. The van der Waals surface area contributed by atoms with Crippen LogP contribution in [0.1, 0.15) is 38.8 Å². The number of hydrogen-bond donors (Lipinski definition) is 0. The Morgan fingerprint density at radius 2 is 2.04 bits per heavy atom. The van der Waals surface area contributed by atoms with Gasteiger partial charge in [-0.05, 0) is 50.5 Å². The van der Waals surface area contributed by atoms with Gasteiger partial charge in [-0.3, -0.25) is 0 Å². The van der Waals surface area contributed by atoms with Crippen molar-refractivity contribution < 1.29 is 9.53 Å². The minimum absolute atomic E-state index is 0.0365. The average molecular weight is 378 g/mol. The third-order valence-corrected chi connectivity index (χ3v) is 5.80. The van der Waals surface area contributed by atoms with E-state index in [9.17, 15) is 4.79 Å². The highest BCUT2D eigenvalue weighted by Crippen LogP contribution is 2.57. The molecular weight excluding hydrogens is 354 g/mol. The normalized spacial score (nSPS) is 25.0. The maximum atomic E-state index is 12.3. The smallest absolute Gasteiger partial charge is 0.410 e. The van der Waals surface area contributed by atoms with Crippen molar-refractivity contribution in [3.63, 3.8) is 0 Å². The van der Waals surface area contributed by atoms with Crippen LogP contribution in [0, 0.1) is 5.41 Å². The van der Waals surface area contributed by atoms with Crippen LogP contribution in [0.2, 0.25) is 0 Å². The summed E-state index contributed by atoms with van der Waals surface area (Å²) in [7, 11) is 0. The van der Waals surface area contributed by atoms with Crippen LogP contribution in [0.4, 0.5) is 4.79 Å². The lowest BCUT2D eigenvalue weighted by atomic mass is 9.60. The Kier molecular flexibility index (Phi) is 3.67. The summed E-state index contributed by atoms with van der Waals surface area (Å²) >= 11 is 3.57. The van der Waals surface area contributed by atoms with Crippen molar-refractivity contribution in [3.05, 3.63) is 46.5 Å². The van der Waals surface area contributed by atoms with E-state index in [0.29, 0.717) is 0 Å². The van der Waals surface area contributed by atoms with Crippen molar-refractivity contribution in [1.29, 1.82) is 0 Å². The van der Waals surface area contributed by atoms with Crippen LogP contribution in [0.15, 0.2) is 35.3 Å². The van der Waals surface area contributed by atoms with E-state index in [1.54, 1.807) is 0 Å². The van der Waals surface area contributed by atoms with E-state index < -0.39 is 5.60 Å². The molecule has 1 fully saturated rings. The van der Waals surface area contributed by atoms with E-state index in [1.165, 1.54) is 11.1 Å². The fourth-order valence-electron chi connectivity index (χ4n) is 3.93. The van der Waals surface area contributed by atoms with Gasteiger partial charge < -0.3 is 9.64 Å². The van der Waals surface area contributed by atoms with Crippen molar-refractivity contribution >= 4 is 22.0 Å². The third kappa shape index (κ3) is 2.51. The molecule has 1 aliphatic heterocycles. The number of fused-ring (bicyclic) bond motifs is 1. The summed E-state index contributed by atoms with van der Waals surface area (Å²) in [6.07, 6.45) is 2.82. The summed E-state index contributed by atoms with van der Waals surface area (Å²) in [6.45, 7) is 13.5. The maximum absolute atomic E-state index is 12.3. The second kappa shape index (κ2) is 5.10. The lowest BCUT2D eigenvalue weighted by Crippen LogP contribution is -2.65. The molecule has 3 rings (SSSR count). The molecule has 4 heteroatoms. The predicted octanol–water partition coefficient (Wildman–Crippen LogP) is 4.69. The largest absolute Gasteiger partial charge is 0.444 e. The molecule has 0 saturated carbocycles. The number of allylic oxidation sites excluding steroid dienone is 1. The number of carbonyl (C=O) groups excluding carboxylic acids is 1. The SMILES string of the molecule is C=CC1(C)c2cc(Br)ccc2CC12CN(C(=O)OC(C)(C)C)C2. The van der Waals surface area contributed by atoms with Crippen LogP contribution >= 0.6 is 15.9 Å². The van der Waals surface area contributed by atoms with Gasteiger partial charge in [0.05, 0.1) is 0 Å². The highest BCUT2D eigenvalue weighted by Gasteiger charge is 2.60. The fraction of sp³-hybridized carbons (Fsp3) is 0.526. The summed E-state index contributed by atoms with van der Waals surface area (Å²) < 4.78 is 6.58. The van der Waals surface area contributed by atoms with E-state index in [1.807, 2.05) is 25.7 Å². The Morgan fingerprint density at radius 3 is 2.61 bits per heavy atom. The predicted molar refractivity (Wildman–Crippen MR) is 95.6 cm³/mol. The number of amides is 1. The molecule has 1 atom stereocenters. The second-order valence-corrected chi connectivity index (χ2v) is 8.92. The van der Waals surface area contributed by atoms with Crippen LogP contribution in [0.25, 0.3) is 0 Å². The molecule has 0 bridgehead atoms. The molecule has 0 aromatic heterocycles. The molecule has 23 heavy (non-hydrogen) atoms. The first kappa shape index (κ1) is 16.6. The Balaban J connectivity index is 1.84. The summed E-state index contributed by atoms with van der Waals surface area (Å²) in [5.41, 5.74) is 2.15. The maximum Gasteiger partial charge on any atom is 0.410 e. The Hall–Kier alpha value is -1.29. The van der Waals surface area contributed by atoms with E-state index >= 15 is 0 Å². The van der Waals surface area contributed by atoms with E-state index in [2.05, 4.69) is 53.7 Å². The van der Waals surface area contributed by atoms with Gasteiger partial charge in [-0.1, -0.05) is 35.0 Å². The van der Waals surface area contributed by atoms with Crippen molar-refractivity contribution in [1.82, 2.24) is 4.90 Å². The highest BCUT2D eigenvalue weighted by atomic mass is 79.9. The van der Waals surface area contributed by atoms with E-state index in [-0.39, 0.29) is 16.9 Å². The highest BCUT2D eigenvalue weighted by molar-refractivity contribution is 9.10. The number of carbonyl (C=O) groups is 1. The van der Waals surface area contributed by atoms with Crippen molar-refractivity contribution in [3.8, 4) is 0 Å². The first-order valence-electron chi connectivity index (χ1n) is 8.01. The molecule has 1 aromatic carbocycles. The monoisotopic (exact) mass is 377 g/mol. The zero-order valence-corrected chi connectivity index (χ0v) is 15.9. The molecule has 1 unspecified atom stereocenters. The summed E-state index contributed by atoms with van der Waals surface area (Å²) in [6, 6.07) is 6.47. The zero-order chi connectivity index (χ0) is 17.0.